The van der Waals surface area contributed by atoms with Crippen LogP contribution in [0.15, 0.2) is 0 Å². The molecule has 0 aliphatic carbocycles. The number of aliphatic hydroxyl groups excluding tert-OH is 5. The Morgan fingerprint density at radius 2 is 1.88 bits per heavy atom. The van der Waals surface area contributed by atoms with E-state index in [0.717, 1.165) is 0 Å². The van der Waals surface area contributed by atoms with Gasteiger partial charge in [-0.3, -0.25) is 0 Å². The van der Waals surface area contributed by atoms with E-state index in [1.165, 1.54) is 0 Å². The summed E-state index contributed by atoms with van der Waals surface area (Å²) in [5.41, 5.74) is 5.53. The minimum absolute atomic E-state index is 0.266. The highest BCUT2D eigenvalue weighted by molar-refractivity contribution is 4.91. The molecule has 8 heteroatoms. The van der Waals surface area contributed by atoms with E-state index in [9.17, 15) is 10.2 Å². The lowest BCUT2D eigenvalue weighted by atomic mass is 9.97. The SMILES string of the molecule is NC1C(CO)OC(OCC(O)CO)C(O)C1O. The number of rotatable bonds is 5. The van der Waals surface area contributed by atoms with Gasteiger partial charge in [-0.15, -0.1) is 0 Å². The highest BCUT2D eigenvalue weighted by atomic mass is 16.7. The van der Waals surface area contributed by atoms with Crippen LogP contribution in [-0.2, 0) is 9.47 Å². The summed E-state index contributed by atoms with van der Waals surface area (Å²) in [5.74, 6) is 0. The molecule has 17 heavy (non-hydrogen) atoms. The van der Waals surface area contributed by atoms with Crippen molar-refractivity contribution in [2.45, 2.75) is 36.7 Å². The van der Waals surface area contributed by atoms with Gasteiger partial charge in [-0.2, -0.15) is 0 Å². The lowest BCUT2D eigenvalue weighted by Gasteiger charge is -2.40. The Morgan fingerprint density at radius 1 is 1.24 bits per heavy atom. The Hall–Kier alpha value is -0.320. The molecule has 6 atom stereocenters. The number of aliphatic hydroxyl groups is 5. The Balaban J connectivity index is 2.53. The highest BCUT2D eigenvalue weighted by Crippen LogP contribution is 2.20. The van der Waals surface area contributed by atoms with Crippen molar-refractivity contribution in [2.75, 3.05) is 19.8 Å². The van der Waals surface area contributed by atoms with Crippen LogP contribution < -0.4 is 5.73 Å². The van der Waals surface area contributed by atoms with Crippen molar-refractivity contribution in [3.63, 3.8) is 0 Å². The van der Waals surface area contributed by atoms with Crippen molar-refractivity contribution in [1.29, 1.82) is 0 Å². The maximum Gasteiger partial charge on any atom is 0.186 e. The maximum absolute atomic E-state index is 9.60. The summed E-state index contributed by atoms with van der Waals surface area (Å²) in [7, 11) is 0. The van der Waals surface area contributed by atoms with Gasteiger partial charge in [-0.05, 0) is 0 Å². The molecule has 1 fully saturated rings. The number of nitrogens with two attached hydrogens (primary N) is 1. The third-order valence-electron chi connectivity index (χ3n) is 2.60. The Kier molecular flexibility index (Phi) is 5.70. The zero-order chi connectivity index (χ0) is 13.0. The second kappa shape index (κ2) is 6.57. The second-order valence-corrected chi connectivity index (χ2v) is 3.95. The Bertz CT molecular complexity index is 227. The van der Waals surface area contributed by atoms with Gasteiger partial charge < -0.3 is 40.7 Å². The predicted octanol–water partition coefficient (Wildman–Crippen LogP) is -3.88. The summed E-state index contributed by atoms with van der Waals surface area (Å²) in [6, 6.07) is -0.919. The predicted molar refractivity (Wildman–Crippen MR) is 54.8 cm³/mol. The molecule has 8 nitrogen and oxygen atoms in total. The van der Waals surface area contributed by atoms with Gasteiger partial charge in [-0.1, -0.05) is 0 Å². The smallest absolute Gasteiger partial charge is 0.186 e. The van der Waals surface area contributed by atoms with E-state index in [0.29, 0.717) is 0 Å². The molecule has 0 aromatic carbocycles. The van der Waals surface area contributed by atoms with E-state index < -0.39 is 50.0 Å². The lowest BCUT2D eigenvalue weighted by Crippen LogP contribution is -2.62. The summed E-state index contributed by atoms with van der Waals surface area (Å²) in [5, 5.41) is 45.8. The van der Waals surface area contributed by atoms with Gasteiger partial charge >= 0.3 is 0 Å². The van der Waals surface area contributed by atoms with Crippen molar-refractivity contribution < 1.29 is 35.0 Å². The van der Waals surface area contributed by atoms with Crippen LogP contribution in [0.2, 0.25) is 0 Å². The lowest BCUT2D eigenvalue weighted by molar-refractivity contribution is -0.281. The number of ether oxygens (including phenoxy) is 2. The summed E-state index contributed by atoms with van der Waals surface area (Å²) in [6.07, 6.45) is -5.84. The van der Waals surface area contributed by atoms with Crippen LogP contribution in [0.3, 0.4) is 0 Å². The van der Waals surface area contributed by atoms with Crippen molar-refractivity contribution in [2.24, 2.45) is 5.73 Å². The molecule has 0 saturated carbocycles. The van der Waals surface area contributed by atoms with Gasteiger partial charge in [0.25, 0.3) is 0 Å². The van der Waals surface area contributed by atoms with Crippen LogP contribution in [0, 0.1) is 0 Å². The van der Waals surface area contributed by atoms with Gasteiger partial charge in [0.05, 0.1) is 25.9 Å². The molecule has 0 aromatic rings. The molecule has 102 valence electrons. The average Bonchev–Trinajstić information content (AvgIpc) is 2.34. The molecule has 1 aliphatic heterocycles. The Morgan fingerprint density at radius 3 is 2.41 bits per heavy atom. The molecule has 0 spiro atoms. The second-order valence-electron chi connectivity index (χ2n) is 3.95. The fraction of sp³-hybridized carbons (Fsp3) is 1.00. The van der Waals surface area contributed by atoms with Crippen LogP contribution in [-0.4, -0.2) is 82.1 Å². The zero-order valence-electron chi connectivity index (χ0n) is 9.22. The standard InChI is InChI=1S/C9H19NO7/c10-6-5(2-12)17-9(8(15)7(6)14)16-3-4(13)1-11/h4-9,11-15H,1-3,10H2. The number of hydrogen-bond acceptors (Lipinski definition) is 8. The maximum atomic E-state index is 9.60. The topological polar surface area (TPSA) is 146 Å². The number of hydrogen-bond donors (Lipinski definition) is 6. The van der Waals surface area contributed by atoms with Gasteiger partial charge in [0, 0.05) is 0 Å². The van der Waals surface area contributed by atoms with Crippen LogP contribution in [0.25, 0.3) is 0 Å². The molecule has 7 N–H and O–H groups in total. The molecule has 0 aromatic heterocycles. The van der Waals surface area contributed by atoms with Gasteiger partial charge in [0.15, 0.2) is 6.29 Å². The first kappa shape index (κ1) is 14.7. The van der Waals surface area contributed by atoms with E-state index in [-0.39, 0.29) is 6.61 Å². The highest BCUT2D eigenvalue weighted by Gasteiger charge is 2.43. The first-order valence-electron chi connectivity index (χ1n) is 5.29. The van der Waals surface area contributed by atoms with E-state index in [2.05, 4.69) is 0 Å². The van der Waals surface area contributed by atoms with Crippen molar-refractivity contribution in [3.05, 3.63) is 0 Å². The minimum atomic E-state index is -1.38. The largest absolute Gasteiger partial charge is 0.394 e. The fourth-order valence-electron chi connectivity index (χ4n) is 1.51. The summed E-state index contributed by atoms with van der Waals surface area (Å²) in [6.45, 7) is -1.18. The quantitative estimate of drug-likeness (QED) is 0.292. The molecule has 6 unspecified atom stereocenters. The molecular formula is C9H19NO7. The third kappa shape index (κ3) is 3.57. The fourth-order valence-corrected chi connectivity index (χ4v) is 1.51. The van der Waals surface area contributed by atoms with Gasteiger partial charge in [0.2, 0.25) is 0 Å². The molecule has 1 rings (SSSR count). The first-order valence-corrected chi connectivity index (χ1v) is 5.29. The van der Waals surface area contributed by atoms with E-state index in [1.54, 1.807) is 0 Å². The van der Waals surface area contributed by atoms with Gasteiger partial charge in [0.1, 0.15) is 24.4 Å². The zero-order valence-corrected chi connectivity index (χ0v) is 9.22. The van der Waals surface area contributed by atoms with Crippen molar-refractivity contribution >= 4 is 0 Å². The van der Waals surface area contributed by atoms with Gasteiger partial charge in [-0.25, -0.2) is 0 Å². The monoisotopic (exact) mass is 253 g/mol. The van der Waals surface area contributed by atoms with E-state index >= 15 is 0 Å². The van der Waals surface area contributed by atoms with E-state index in [1.807, 2.05) is 0 Å². The minimum Gasteiger partial charge on any atom is -0.394 e. The molecule has 0 radical (unpaired) electrons. The molecular weight excluding hydrogens is 234 g/mol. The van der Waals surface area contributed by atoms with Crippen LogP contribution in [0.4, 0.5) is 0 Å². The molecule has 1 saturated heterocycles. The Labute approximate surface area is 98.2 Å². The molecule has 1 heterocycles. The van der Waals surface area contributed by atoms with Crippen LogP contribution >= 0.6 is 0 Å². The average molecular weight is 253 g/mol. The van der Waals surface area contributed by atoms with Crippen molar-refractivity contribution in [3.8, 4) is 0 Å². The summed E-state index contributed by atoms with van der Waals surface area (Å²) in [4.78, 5) is 0. The molecule has 0 bridgehead atoms. The van der Waals surface area contributed by atoms with Crippen molar-refractivity contribution in [1.82, 2.24) is 0 Å². The molecule has 1 aliphatic rings. The van der Waals surface area contributed by atoms with Crippen LogP contribution in [0.5, 0.6) is 0 Å². The summed E-state index contributed by atoms with van der Waals surface area (Å²) >= 11 is 0. The van der Waals surface area contributed by atoms with E-state index in [4.69, 9.17) is 30.5 Å². The molecule has 0 amide bonds. The first-order chi connectivity index (χ1) is 8.01. The normalized spacial score (nSPS) is 40.2. The third-order valence-corrected chi connectivity index (χ3v) is 2.60. The summed E-state index contributed by atoms with van der Waals surface area (Å²) < 4.78 is 10.1. The van der Waals surface area contributed by atoms with Crippen LogP contribution in [0.1, 0.15) is 0 Å².